The van der Waals surface area contributed by atoms with Gasteiger partial charge >= 0.3 is 12.6 Å². The lowest BCUT2D eigenvalue weighted by Gasteiger charge is -2.37. The minimum absolute atomic E-state index is 0.0902. The SMILES string of the molecule is C=CCN1C(=S)N[C@@H](c2ccc(OC(F)F)c(OCC)c2)C(C(=O)OC)=C1C. The number of carbonyl (C=O) groups is 1. The second-order valence-corrected chi connectivity index (χ2v) is 6.18. The maximum absolute atomic E-state index is 12.6. The normalized spacial score (nSPS) is 16.7. The molecule has 0 radical (unpaired) electrons. The Kier molecular flexibility index (Phi) is 7.33. The summed E-state index contributed by atoms with van der Waals surface area (Å²) in [6.07, 6.45) is 1.66. The van der Waals surface area contributed by atoms with Gasteiger partial charge in [0.2, 0.25) is 0 Å². The van der Waals surface area contributed by atoms with Gasteiger partial charge < -0.3 is 24.4 Å². The number of halogens is 2. The van der Waals surface area contributed by atoms with Crippen LogP contribution in [0.15, 0.2) is 42.1 Å². The lowest BCUT2D eigenvalue weighted by Crippen LogP contribution is -2.47. The van der Waals surface area contributed by atoms with Gasteiger partial charge in [0.15, 0.2) is 16.6 Å². The molecule has 9 heteroatoms. The molecule has 28 heavy (non-hydrogen) atoms. The Labute approximate surface area is 167 Å². The van der Waals surface area contributed by atoms with E-state index in [0.717, 1.165) is 0 Å². The Morgan fingerprint density at radius 1 is 1.43 bits per heavy atom. The highest BCUT2D eigenvalue weighted by molar-refractivity contribution is 7.80. The number of nitrogens with one attached hydrogen (secondary N) is 1. The molecule has 0 saturated carbocycles. The topological polar surface area (TPSA) is 60.0 Å². The lowest BCUT2D eigenvalue weighted by molar-refractivity contribution is -0.136. The Bertz CT molecular complexity index is 798. The van der Waals surface area contributed by atoms with Crippen molar-refractivity contribution in [3.63, 3.8) is 0 Å². The highest BCUT2D eigenvalue weighted by Crippen LogP contribution is 2.36. The fourth-order valence-electron chi connectivity index (χ4n) is 2.92. The van der Waals surface area contributed by atoms with Crippen LogP contribution in [-0.4, -0.2) is 42.9 Å². The third kappa shape index (κ3) is 4.59. The summed E-state index contributed by atoms with van der Waals surface area (Å²) >= 11 is 5.42. The fourth-order valence-corrected chi connectivity index (χ4v) is 3.25. The van der Waals surface area contributed by atoms with Crippen LogP contribution < -0.4 is 14.8 Å². The van der Waals surface area contributed by atoms with Crippen LogP contribution in [0.25, 0.3) is 0 Å². The number of methoxy groups -OCH3 is 1. The predicted molar refractivity (Wildman–Crippen MR) is 104 cm³/mol. The molecule has 0 fully saturated rings. The summed E-state index contributed by atoms with van der Waals surface area (Å²) in [5.41, 5.74) is 1.56. The Morgan fingerprint density at radius 3 is 2.71 bits per heavy atom. The molecule has 0 saturated heterocycles. The lowest BCUT2D eigenvalue weighted by atomic mass is 9.94. The van der Waals surface area contributed by atoms with Crippen LogP contribution in [0, 0.1) is 0 Å². The highest BCUT2D eigenvalue weighted by atomic mass is 32.1. The number of rotatable bonds is 8. The number of benzene rings is 1. The average Bonchev–Trinajstić information content (AvgIpc) is 2.65. The van der Waals surface area contributed by atoms with Gasteiger partial charge in [-0.15, -0.1) is 6.58 Å². The number of esters is 1. The number of alkyl halides is 2. The van der Waals surface area contributed by atoms with Crippen molar-refractivity contribution in [1.29, 1.82) is 0 Å². The molecule has 152 valence electrons. The monoisotopic (exact) mass is 412 g/mol. The van der Waals surface area contributed by atoms with E-state index in [1.807, 2.05) is 0 Å². The second kappa shape index (κ2) is 9.50. The molecule has 1 aromatic carbocycles. The molecule has 6 nitrogen and oxygen atoms in total. The van der Waals surface area contributed by atoms with Gasteiger partial charge in [0.05, 0.1) is 25.3 Å². The Balaban J connectivity index is 2.54. The number of hydrogen-bond acceptors (Lipinski definition) is 5. The second-order valence-electron chi connectivity index (χ2n) is 5.79. The van der Waals surface area contributed by atoms with Gasteiger partial charge in [-0.05, 0) is 43.8 Å². The van der Waals surface area contributed by atoms with Gasteiger partial charge in [-0.3, -0.25) is 0 Å². The number of carbonyl (C=O) groups excluding carboxylic acids is 1. The van der Waals surface area contributed by atoms with Crippen molar-refractivity contribution >= 4 is 23.3 Å². The molecule has 1 aliphatic rings. The molecule has 0 aliphatic carbocycles. The average molecular weight is 412 g/mol. The quantitative estimate of drug-likeness (QED) is 0.398. The number of nitrogens with zero attached hydrogens (tertiary/aromatic N) is 1. The number of ether oxygens (including phenoxy) is 3. The van der Waals surface area contributed by atoms with Crippen molar-refractivity contribution in [2.45, 2.75) is 26.5 Å². The molecule has 0 unspecified atom stereocenters. The molecule has 0 amide bonds. The summed E-state index contributed by atoms with van der Waals surface area (Å²) < 4.78 is 40.1. The maximum Gasteiger partial charge on any atom is 0.387 e. The molecule has 1 N–H and O–H groups in total. The summed E-state index contributed by atoms with van der Waals surface area (Å²) in [6, 6.07) is 3.85. The summed E-state index contributed by atoms with van der Waals surface area (Å²) in [5.74, 6) is -0.478. The third-order valence-corrected chi connectivity index (χ3v) is 4.47. The minimum Gasteiger partial charge on any atom is -0.490 e. The van der Waals surface area contributed by atoms with E-state index in [1.165, 1.54) is 13.2 Å². The van der Waals surface area contributed by atoms with E-state index < -0.39 is 18.6 Å². The molecule has 1 heterocycles. The van der Waals surface area contributed by atoms with Crippen molar-refractivity contribution in [1.82, 2.24) is 10.2 Å². The minimum atomic E-state index is -2.98. The Morgan fingerprint density at radius 2 is 2.14 bits per heavy atom. The smallest absolute Gasteiger partial charge is 0.387 e. The van der Waals surface area contributed by atoms with Crippen molar-refractivity contribution in [3.8, 4) is 11.5 Å². The predicted octanol–water partition coefficient (Wildman–Crippen LogP) is 3.55. The standard InChI is InChI=1S/C19H22F2N2O4S/c1-5-9-23-11(3)15(17(24)25-4)16(22-19(23)28)12-7-8-13(27-18(20)21)14(10-12)26-6-2/h5,7-8,10,16,18H,1,6,9H2,2-4H3,(H,22,28)/t16-/m0/s1. The molecule has 1 aromatic rings. The first-order valence-corrected chi connectivity index (χ1v) is 8.94. The molecule has 1 aliphatic heterocycles. The van der Waals surface area contributed by atoms with Gasteiger partial charge in [-0.2, -0.15) is 8.78 Å². The molecular formula is C19H22F2N2O4S. The van der Waals surface area contributed by atoms with E-state index >= 15 is 0 Å². The molecule has 0 bridgehead atoms. The maximum atomic E-state index is 12.6. The van der Waals surface area contributed by atoms with Crippen molar-refractivity contribution in [2.24, 2.45) is 0 Å². The first kappa shape index (κ1) is 21.6. The molecule has 1 atom stereocenters. The molecule has 0 spiro atoms. The van der Waals surface area contributed by atoms with Crippen LogP contribution in [0.4, 0.5) is 8.78 Å². The fraction of sp³-hybridized carbons (Fsp3) is 0.368. The van der Waals surface area contributed by atoms with Crippen molar-refractivity contribution < 1.29 is 27.8 Å². The van der Waals surface area contributed by atoms with Crippen molar-refractivity contribution in [2.75, 3.05) is 20.3 Å². The summed E-state index contributed by atoms with van der Waals surface area (Å²) in [5, 5.41) is 3.50. The zero-order valence-corrected chi connectivity index (χ0v) is 16.6. The van der Waals surface area contributed by atoms with E-state index in [-0.39, 0.29) is 18.1 Å². The zero-order chi connectivity index (χ0) is 20.8. The van der Waals surface area contributed by atoms with Crippen LogP contribution in [0.3, 0.4) is 0 Å². The third-order valence-electron chi connectivity index (χ3n) is 4.13. The number of allylic oxidation sites excluding steroid dienone is 1. The first-order valence-electron chi connectivity index (χ1n) is 8.53. The van der Waals surface area contributed by atoms with E-state index in [9.17, 15) is 13.6 Å². The Hall–Kier alpha value is -2.68. The van der Waals surface area contributed by atoms with E-state index in [0.29, 0.717) is 28.5 Å². The van der Waals surface area contributed by atoms with Crippen LogP contribution in [-0.2, 0) is 9.53 Å². The van der Waals surface area contributed by atoms with Crippen LogP contribution in [0.5, 0.6) is 11.5 Å². The van der Waals surface area contributed by atoms with Gasteiger partial charge in [-0.1, -0.05) is 12.1 Å². The van der Waals surface area contributed by atoms with Crippen LogP contribution in [0.2, 0.25) is 0 Å². The van der Waals surface area contributed by atoms with Crippen LogP contribution >= 0.6 is 12.2 Å². The van der Waals surface area contributed by atoms with Gasteiger partial charge in [-0.25, -0.2) is 4.79 Å². The van der Waals surface area contributed by atoms with E-state index in [4.69, 9.17) is 21.7 Å². The van der Waals surface area contributed by atoms with Gasteiger partial charge in [0.25, 0.3) is 0 Å². The zero-order valence-electron chi connectivity index (χ0n) is 15.8. The van der Waals surface area contributed by atoms with Crippen molar-refractivity contribution in [3.05, 3.63) is 47.7 Å². The molecular weight excluding hydrogens is 390 g/mol. The number of thiocarbonyl (C=S) groups is 1. The summed E-state index contributed by atoms with van der Waals surface area (Å²) in [6.45, 7) is 4.87. The van der Waals surface area contributed by atoms with E-state index in [1.54, 1.807) is 37.0 Å². The summed E-state index contributed by atoms with van der Waals surface area (Å²) in [4.78, 5) is 14.2. The van der Waals surface area contributed by atoms with E-state index in [2.05, 4.69) is 16.6 Å². The number of hydrogen-bond donors (Lipinski definition) is 1. The van der Waals surface area contributed by atoms with Crippen LogP contribution in [0.1, 0.15) is 25.5 Å². The summed E-state index contributed by atoms with van der Waals surface area (Å²) in [7, 11) is 1.29. The van der Waals surface area contributed by atoms with Gasteiger partial charge in [0, 0.05) is 12.2 Å². The highest BCUT2D eigenvalue weighted by Gasteiger charge is 2.34. The van der Waals surface area contributed by atoms with Gasteiger partial charge in [0.1, 0.15) is 0 Å². The molecule has 2 rings (SSSR count). The molecule has 0 aromatic heterocycles. The first-order chi connectivity index (χ1) is 13.3. The largest absolute Gasteiger partial charge is 0.490 e.